The summed E-state index contributed by atoms with van der Waals surface area (Å²) in [4.78, 5) is 0. The molecular weight excluding hydrogens is 120 g/mol. The molecule has 2 saturated carbocycles. The average Bonchev–Trinajstić information content (AvgIpc) is 2.45. The Bertz CT molecular complexity index is 133. The Kier molecular flexibility index (Phi) is 1.33. The fourth-order valence-corrected chi connectivity index (χ4v) is 2.45. The van der Waals surface area contributed by atoms with E-state index in [0.717, 1.165) is 17.3 Å². The summed E-state index contributed by atoms with van der Waals surface area (Å²) < 4.78 is 0. The van der Waals surface area contributed by atoms with Crippen molar-refractivity contribution in [1.29, 1.82) is 0 Å². The number of hydrogen-bond acceptors (Lipinski definition) is 0. The smallest absolute Gasteiger partial charge is 0.0297 e. The van der Waals surface area contributed by atoms with Crippen LogP contribution < -0.4 is 0 Å². The van der Waals surface area contributed by atoms with Crippen molar-refractivity contribution in [3.63, 3.8) is 0 Å². The molecule has 2 atom stereocenters. The van der Waals surface area contributed by atoms with E-state index < -0.39 is 0 Å². The largest absolute Gasteiger partial charge is 0.0625 e. The molecule has 0 heterocycles. The normalized spacial score (nSPS) is 43.8. The first kappa shape index (κ1) is 6.69. The van der Waals surface area contributed by atoms with E-state index in [-0.39, 0.29) is 0 Å². The topological polar surface area (TPSA) is 0 Å². The predicted molar refractivity (Wildman–Crippen MR) is 43.8 cm³/mol. The minimum atomic E-state index is 0.810. The Hall–Kier alpha value is 0. The number of rotatable bonds is 1. The Morgan fingerprint density at radius 1 is 1.20 bits per heavy atom. The molecule has 2 rings (SSSR count). The van der Waals surface area contributed by atoms with E-state index in [1.165, 1.54) is 32.1 Å². The molecule has 2 unspecified atom stereocenters. The molecule has 0 aromatic carbocycles. The maximum Gasteiger partial charge on any atom is -0.0297 e. The average molecular weight is 138 g/mol. The third-order valence-electron chi connectivity index (χ3n) is 3.72. The SMILES string of the molecule is CC1CCC(C2(C)CC2)C1. The van der Waals surface area contributed by atoms with E-state index >= 15 is 0 Å². The van der Waals surface area contributed by atoms with E-state index in [1.54, 1.807) is 0 Å². The molecule has 0 aromatic heterocycles. The molecule has 0 N–H and O–H groups in total. The van der Waals surface area contributed by atoms with Crippen molar-refractivity contribution in [3.05, 3.63) is 0 Å². The van der Waals surface area contributed by atoms with Gasteiger partial charge in [-0.3, -0.25) is 0 Å². The van der Waals surface area contributed by atoms with E-state index in [9.17, 15) is 0 Å². The molecule has 10 heavy (non-hydrogen) atoms. The Morgan fingerprint density at radius 3 is 2.30 bits per heavy atom. The van der Waals surface area contributed by atoms with Crippen molar-refractivity contribution >= 4 is 0 Å². The molecule has 0 bridgehead atoms. The van der Waals surface area contributed by atoms with Gasteiger partial charge in [0.05, 0.1) is 0 Å². The Balaban J connectivity index is 1.95. The highest BCUT2D eigenvalue weighted by Gasteiger charge is 2.46. The summed E-state index contributed by atoms with van der Waals surface area (Å²) in [6.45, 7) is 4.89. The van der Waals surface area contributed by atoms with Crippen LogP contribution in [0.15, 0.2) is 0 Å². The summed E-state index contributed by atoms with van der Waals surface area (Å²) in [7, 11) is 0. The first-order valence-corrected chi connectivity index (χ1v) is 4.71. The van der Waals surface area contributed by atoms with Crippen LogP contribution in [0.4, 0.5) is 0 Å². The summed E-state index contributed by atoms with van der Waals surface area (Å²) in [6.07, 6.45) is 7.59. The van der Waals surface area contributed by atoms with Gasteiger partial charge in [0.1, 0.15) is 0 Å². The van der Waals surface area contributed by atoms with Crippen LogP contribution >= 0.6 is 0 Å². The zero-order valence-electron chi connectivity index (χ0n) is 7.19. The van der Waals surface area contributed by atoms with Gasteiger partial charge < -0.3 is 0 Å². The maximum atomic E-state index is 2.48. The van der Waals surface area contributed by atoms with Crippen LogP contribution in [0.3, 0.4) is 0 Å². The molecular formula is C10H18. The van der Waals surface area contributed by atoms with E-state index in [0.29, 0.717) is 0 Å². The monoisotopic (exact) mass is 138 g/mol. The summed E-state index contributed by atoms with van der Waals surface area (Å²) in [5.41, 5.74) is 0.810. The van der Waals surface area contributed by atoms with E-state index in [2.05, 4.69) is 13.8 Å². The summed E-state index contributed by atoms with van der Waals surface area (Å²) in [6, 6.07) is 0. The van der Waals surface area contributed by atoms with Crippen molar-refractivity contribution in [3.8, 4) is 0 Å². The molecule has 0 nitrogen and oxygen atoms in total. The van der Waals surface area contributed by atoms with Gasteiger partial charge >= 0.3 is 0 Å². The van der Waals surface area contributed by atoms with Crippen LogP contribution in [0.1, 0.15) is 46.0 Å². The Morgan fingerprint density at radius 2 is 1.90 bits per heavy atom. The van der Waals surface area contributed by atoms with Crippen molar-refractivity contribution in [2.75, 3.05) is 0 Å². The summed E-state index contributed by atoms with van der Waals surface area (Å²) in [5, 5.41) is 0. The predicted octanol–water partition coefficient (Wildman–Crippen LogP) is 3.22. The van der Waals surface area contributed by atoms with Crippen LogP contribution in [0.5, 0.6) is 0 Å². The van der Waals surface area contributed by atoms with Gasteiger partial charge in [0, 0.05) is 0 Å². The highest BCUT2D eigenvalue weighted by molar-refractivity contribution is 4.97. The second kappa shape index (κ2) is 1.99. The second-order valence-corrected chi connectivity index (χ2v) is 4.77. The third kappa shape index (κ3) is 0.980. The maximum absolute atomic E-state index is 2.48. The first-order valence-electron chi connectivity index (χ1n) is 4.71. The minimum absolute atomic E-state index is 0.810. The molecule has 58 valence electrons. The fourth-order valence-electron chi connectivity index (χ4n) is 2.45. The molecule has 2 aliphatic rings. The van der Waals surface area contributed by atoms with Gasteiger partial charge in [0.15, 0.2) is 0 Å². The lowest BCUT2D eigenvalue weighted by atomic mass is 9.89. The zero-order chi connectivity index (χ0) is 7.19. The molecule has 0 aliphatic heterocycles. The van der Waals surface area contributed by atoms with E-state index in [1.807, 2.05) is 0 Å². The molecule has 0 amide bonds. The number of hydrogen-bond donors (Lipinski definition) is 0. The van der Waals surface area contributed by atoms with Gasteiger partial charge in [-0.1, -0.05) is 20.3 Å². The molecule has 0 aromatic rings. The van der Waals surface area contributed by atoms with Gasteiger partial charge in [0.25, 0.3) is 0 Å². The van der Waals surface area contributed by atoms with Gasteiger partial charge in [-0.25, -0.2) is 0 Å². The summed E-state index contributed by atoms with van der Waals surface area (Å²) >= 11 is 0. The molecule has 0 heteroatoms. The van der Waals surface area contributed by atoms with Crippen LogP contribution in [-0.4, -0.2) is 0 Å². The first-order chi connectivity index (χ1) is 4.71. The van der Waals surface area contributed by atoms with Crippen molar-refractivity contribution in [1.82, 2.24) is 0 Å². The molecule has 0 saturated heterocycles. The van der Waals surface area contributed by atoms with Crippen LogP contribution in [-0.2, 0) is 0 Å². The van der Waals surface area contributed by atoms with Gasteiger partial charge in [0.2, 0.25) is 0 Å². The highest BCUT2D eigenvalue weighted by Crippen LogP contribution is 2.57. The fraction of sp³-hybridized carbons (Fsp3) is 1.00. The minimum Gasteiger partial charge on any atom is -0.0625 e. The van der Waals surface area contributed by atoms with Crippen molar-refractivity contribution < 1.29 is 0 Å². The standard InChI is InChI=1S/C10H18/c1-8-3-4-9(7-8)10(2)5-6-10/h8-9H,3-7H2,1-2H3. The molecule has 0 spiro atoms. The lowest BCUT2D eigenvalue weighted by Crippen LogP contribution is -2.07. The second-order valence-electron chi connectivity index (χ2n) is 4.77. The zero-order valence-corrected chi connectivity index (χ0v) is 7.19. The highest BCUT2D eigenvalue weighted by atomic mass is 14.5. The van der Waals surface area contributed by atoms with Crippen LogP contribution in [0.25, 0.3) is 0 Å². The van der Waals surface area contributed by atoms with Crippen molar-refractivity contribution in [2.45, 2.75) is 46.0 Å². The van der Waals surface area contributed by atoms with Crippen LogP contribution in [0, 0.1) is 17.3 Å². The third-order valence-corrected chi connectivity index (χ3v) is 3.72. The molecule has 0 radical (unpaired) electrons. The molecule has 2 aliphatic carbocycles. The lowest BCUT2D eigenvalue weighted by Gasteiger charge is -2.16. The molecule has 2 fully saturated rings. The van der Waals surface area contributed by atoms with Gasteiger partial charge in [-0.2, -0.15) is 0 Å². The quantitative estimate of drug-likeness (QED) is 0.522. The Labute approximate surface area is 64.0 Å². The van der Waals surface area contributed by atoms with Crippen LogP contribution in [0.2, 0.25) is 0 Å². The van der Waals surface area contributed by atoms with Crippen molar-refractivity contribution in [2.24, 2.45) is 17.3 Å². The van der Waals surface area contributed by atoms with Gasteiger partial charge in [-0.05, 0) is 42.9 Å². The summed E-state index contributed by atoms with van der Waals surface area (Å²) in [5.74, 6) is 2.13. The van der Waals surface area contributed by atoms with E-state index in [4.69, 9.17) is 0 Å². The lowest BCUT2D eigenvalue weighted by molar-refractivity contribution is 0.334. The van der Waals surface area contributed by atoms with Gasteiger partial charge in [-0.15, -0.1) is 0 Å².